The molecule has 2 aromatic heterocycles. The number of rotatable bonds is 4. The molecule has 0 spiro atoms. The van der Waals surface area contributed by atoms with Crippen LogP contribution in [0, 0.1) is 0 Å². The highest BCUT2D eigenvalue weighted by Gasteiger charge is 2.26. The second kappa shape index (κ2) is 7.61. The van der Waals surface area contributed by atoms with Crippen molar-refractivity contribution in [1.29, 1.82) is 0 Å². The highest BCUT2D eigenvalue weighted by molar-refractivity contribution is 7.13. The average molecular weight is 366 g/mol. The molecule has 26 heavy (non-hydrogen) atoms. The summed E-state index contributed by atoms with van der Waals surface area (Å²) in [5, 5.41) is 10.5. The first-order chi connectivity index (χ1) is 12.8. The van der Waals surface area contributed by atoms with Crippen molar-refractivity contribution in [1.82, 2.24) is 20.1 Å². The van der Waals surface area contributed by atoms with E-state index in [1.807, 2.05) is 40.6 Å². The van der Waals surface area contributed by atoms with Gasteiger partial charge in [0.15, 0.2) is 0 Å². The first-order valence-electron chi connectivity index (χ1n) is 8.54. The highest BCUT2D eigenvalue weighted by atomic mass is 32.1. The van der Waals surface area contributed by atoms with E-state index in [4.69, 9.17) is 4.74 Å². The largest absolute Gasteiger partial charge is 0.473 e. The Morgan fingerprint density at radius 3 is 2.65 bits per heavy atom. The van der Waals surface area contributed by atoms with E-state index in [-0.39, 0.29) is 12.0 Å². The molecule has 1 aromatic carbocycles. The van der Waals surface area contributed by atoms with Crippen molar-refractivity contribution in [3.05, 3.63) is 59.7 Å². The fraction of sp³-hybridized carbons (Fsp3) is 0.263. The van der Waals surface area contributed by atoms with Gasteiger partial charge in [0.1, 0.15) is 16.8 Å². The van der Waals surface area contributed by atoms with Crippen LogP contribution in [0.4, 0.5) is 0 Å². The predicted octanol–water partition coefficient (Wildman–Crippen LogP) is 3.28. The Labute approximate surface area is 155 Å². The maximum absolute atomic E-state index is 12.7. The van der Waals surface area contributed by atoms with E-state index < -0.39 is 0 Å². The van der Waals surface area contributed by atoms with Crippen molar-refractivity contribution in [2.24, 2.45) is 0 Å². The monoisotopic (exact) mass is 366 g/mol. The van der Waals surface area contributed by atoms with Gasteiger partial charge in [-0.25, -0.2) is 4.98 Å². The van der Waals surface area contributed by atoms with Crippen LogP contribution in [0.5, 0.6) is 5.88 Å². The molecule has 1 aliphatic heterocycles. The molecule has 132 valence electrons. The molecule has 1 saturated heterocycles. The van der Waals surface area contributed by atoms with Gasteiger partial charge in [0.25, 0.3) is 5.91 Å². The van der Waals surface area contributed by atoms with Crippen LogP contribution in [-0.4, -0.2) is 45.2 Å². The fourth-order valence-corrected chi connectivity index (χ4v) is 3.75. The predicted molar refractivity (Wildman–Crippen MR) is 99.1 cm³/mol. The summed E-state index contributed by atoms with van der Waals surface area (Å²) in [5.74, 6) is 0.519. The number of piperidine rings is 1. The third-order valence-electron chi connectivity index (χ3n) is 4.31. The molecule has 4 rings (SSSR count). The summed E-state index contributed by atoms with van der Waals surface area (Å²) in [6.45, 7) is 1.31. The Bertz CT molecular complexity index is 862. The number of benzene rings is 1. The quantitative estimate of drug-likeness (QED) is 0.709. The van der Waals surface area contributed by atoms with Gasteiger partial charge >= 0.3 is 0 Å². The first kappa shape index (κ1) is 16.7. The summed E-state index contributed by atoms with van der Waals surface area (Å²) < 4.78 is 5.83. The van der Waals surface area contributed by atoms with Crippen molar-refractivity contribution in [2.45, 2.75) is 18.9 Å². The summed E-state index contributed by atoms with van der Waals surface area (Å²) >= 11 is 1.50. The van der Waals surface area contributed by atoms with Gasteiger partial charge in [-0.1, -0.05) is 30.3 Å². The zero-order valence-electron chi connectivity index (χ0n) is 14.1. The number of ether oxygens (including phenoxy) is 1. The van der Waals surface area contributed by atoms with Crippen LogP contribution in [0.1, 0.15) is 23.3 Å². The Morgan fingerprint density at radius 1 is 1.12 bits per heavy atom. The van der Waals surface area contributed by atoms with E-state index in [0.29, 0.717) is 24.7 Å². The molecule has 1 fully saturated rings. The van der Waals surface area contributed by atoms with Crippen molar-refractivity contribution in [3.63, 3.8) is 0 Å². The fourth-order valence-electron chi connectivity index (χ4n) is 2.95. The molecule has 3 heterocycles. The van der Waals surface area contributed by atoms with Gasteiger partial charge in [0.05, 0.1) is 0 Å². The molecular weight excluding hydrogens is 348 g/mol. The lowest BCUT2D eigenvalue weighted by Gasteiger charge is -2.31. The molecule has 0 N–H and O–H groups in total. The summed E-state index contributed by atoms with van der Waals surface area (Å²) in [6.07, 6.45) is 3.23. The lowest BCUT2D eigenvalue weighted by atomic mass is 10.1. The van der Waals surface area contributed by atoms with Crippen molar-refractivity contribution >= 4 is 17.2 Å². The number of nitrogens with zero attached hydrogens (tertiary/aromatic N) is 4. The molecule has 0 bridgehead atoms. The molecule has 0 saturated carbocycles. The average Bonchev–Trinajstić information content (AvgIpc) is 3.20. The van der Waals surface area contributed by atoms with E-state index in [0.717, 1.165) is 23.4 Å². The smallest absolute Gasteiger partial charge is 0.273 e. The van der Waals surface area contributed by atoms with Crippen LogP contribution >= 0.6 is 11.3 Å². The molecule has 3 aromatic rings. The highest BCUT2D eigenvalue weighted by Crippen LogP contribution is 2.25. The van der Waals surface area contributed by atoms with Crippen LogP contribution in [0.25, 0.3) is 10.6 Å². The molecule has 6 nitrogen and oxygen atoms in total. The Morgan fingerprint density at radius 2 is 1.92 bits per heavy atom. The normalized spacial score (nSPS) is 15.0. The molecular formula is C19H18N4O2S. The molecule has 0 atom stereocenters. The Balaban J connectivity index is 1.36. The second-order valence-electron chi connectivity index (χ2n) is 6.08. The third kappa shape index (κ3) is 3.72. The molecule has 0 radical (unpaired) electrons. The molecule has 7 heteroatoms. The molecule has 1 aliphatic rings. The van der Waals surface area contributed by atoms with Crippen molar-refractivity contribution in [2.75, 3.05) is 13.1 Å². The standard InChI is InChI=1S/C19H18N4O2S/c24-19(16-13-26-18(21-16)14-5-2-1-3-6-14)23-11-8-15(9-12-23)25-17-7-4-10-20-22-17/h1-7,10,13,15H,8-9,11-12H2. The van der Waals surface area contributed by atoms with Gasteiger partial charge in [-0.3, -0.25) is 4.79 Å². The lowest BCUT2D eigenvalue weighted by Crippen LogP contribution is -2.42. The van der Waals surface area contributed by atoms with Crippen LogP contribution in [0.2, 0.25) is 0 Å². The van der Waals surface area contributed by atoms with Gasteiger partial charge in [-0.05, 0) is 6.07 Å². The van der Waals surface area contributed by atoms with Crippen LogP contribution in [0.3, 0.4) is 0 Å². The topological polar surface area (TPSA) is 68.2 Å². The summed E-state index contributed by atoms with van der Waals surface area (Å²) in [6, 6.07) is 13.5. The molecule has 1 amide bonds. The summed E-state index contributed by atoms with van der Waals surface area (Å²) in [7, 11) is 0. The number of aromatic nitrogens is 3. The van der Waals surface area contributed by atoms with Crippen molar-refractivity contribution in [3.8, 4) is 16.5 Å². The number of thiazole rings is 1. The summed E-state index contributed by atoms with van der Waals surface area (Å²) in [4.78, 5) is 19.1. The minimum absolute atomic E-state index is 0.0126. The minimum atomic E-state index is -0.0126. The minimum Gasteiger partial charge on any atom is -0.473 e. The Hall–Kier alpha value is -2.80. The van der Waals surface area contributed by atoms with Crippen molar-refractivity contribution < 1.29 is 9.53 Å². The number of amides is 1. The third-order valence-corrected chi connectivity index (χ3v) is 5.20. The molecule has 0 unspecified atom stereocenters. The molecule has 0 aliphatic carbocycles. The van der Waals surface area contributed by atoms with E-state index in [1.54, 1.807) is 18.3 Å². The maximum Gasteiger partial charge on any atom is 0.273 e. The number of carbonyl (C=O) groups is 1. The number of hydrogen-bond acceptors (Lipinski definition) is 6. The van der Waals surface area contributed by atoms with Gasteiger partial charge in [0.2, 0.25) is 5.88 Å². The zero-order valence-corrected chi connectivity index (χ0v) is 14.9. The van der Waals surface area contributed by atoms with E-state index in [9.17, 15) is 4.79 Å². The zero-order chi connectivity index (χ0) is 17.8. The van der Waals surface area contributed by atoms with Gasteiger partial charge < -0.3 is 9.64 Å². The van der Waals surface area contributed by atoms with Crippen LogP contribution in [-0.2, 0) is 0 Å². The number of hydrogen-bond donors (Lipinski definition) is 0. The maximum atomic E-state index is 12.7. The number of likely N-dealkylation sites (tertiary alicyclic amines) is 1. The Kier molecular flexibility index (Phi) is 4.88. The number of carbonyl (C=O) groups excluding carboxylic acids is 1. The van der Waals surface area contributed by atoms with Gasteiger partial charge in [-0.15, -0.1) is 16.4 Å². The van der Waals surface area contributed by atoms with Gasteiger partial charge in [0, 0.05) is 49.1 Å². The van der Waals surface area contributed by atoms with Crippen LogP contribution < -0.4 is 4.74 Å². The van der Waals surface area contributed by atoms with E-state index in [2.05, 4.69) is 15.2 Å². The lowest BCUT2D eigenvalue weighted by molar-refractivity contribution is 0.0581. The second-order valence-corrected chi connectivity index (χ2v) is 6.93. The first-order valence-corrected chi connectivity index (χ1v) is 9.42. The van der Waals surface area contributed by atoms with Crippen LogP contribution in [0.15, 0.2) is 54.0 Å². The SMILES string of the molecule is O=C(c1csc(-c2ccccc2)n1)N1CCC(Oc2cccnn2)CC1. The summed E-state index contributed by atoms with van der Waals surface area (Å²) in [5.41, 5.74) is 1.55. The van der Waals surface area contributed by atoms with E-state index in [1.165, 1.54) is 11.3 Å². The van der Waals surface area contributed by atoms with Gasteiger partial charge in [-0.2, -0.15) is 5.10 Å². The van der Waals surface area contributed by atoms with E-state index >= 15 is 0 Å².